The summed E-state index contributed by atoms with van der Waals surface area (Å²) in [4.78, 5) is 2.73. The number of hydrogen-bond acceptors (Lipinski definition) is 3. The van der Waals surface area contributed by atoms with E-state index in [-0.39, 0.29) is 10.7 Å². The number of allylic oxidation sites excluding steroid dienone is 1. The molecule has 0 unspecified atom stereocenters. The van der Waals surface area contributed by atoms with E-state index in [0.29, 0.717) is 21.2 Å². The third-order valence-corrected chi connectivity index (χ3v) is 5.76. The number of nitrogens with one attached hydrogen (secondary N) is 1. The van der Waals surface area contributed by atoms with E-state index in [2.05, 4.69) is 4.98 Å². The Morgan fingerprint density at radius 3 is 2.48 bits per heavy atom. The van der Waals surface area contributed by atoms with Crippen molar-refractivity contribution < 1.29 is 8.42 Å². The van der Waals surface area contributed by atoms with Crippen LogP contribution < -0.4 is 0 Å². The van der Waals surface area contributed by atoms with Crippen LogP contribution in [-0.2, 0) is 15.6 Å². The van der Waals surface area contributed by atoms with Crippen LogP contribution in [0.2, 0.25) is 10.0 Å². The Labute approximate surface area is 155 Å². The molecule has 0 aliphatic rings. The maximum absolute atomic E-state index is 12.6. The maximum Gasteiger partial charge on any atom is 0.192 e. The molecule has 0 saturated heterocycles. The number of benzene rings is 2. The predicted molar refractivity (Wildman–Crippen MR) is 101 cm³/mol. The zero-order chi connectivity index (χ0) is 18.0. The molecule has 0 fully saturated rings. The largest absolute Gasteiger partial charge is 0.361 e. The van der Waals surface area contributed by atoms with Crippen LogP contribution in [0.1, 0.15) is 11.1 Å². The van der Waals surface area contributed by atoms with Crippen molar-refractivity contribution in [3.8, 4) is 6.07 Å². The molecule has 1 heterocycles. The van der Waals surface area contributed by atoms with Gasteiger partial charge >= 0.3 is 0 Å². The minimum absolute atomic E-state index is 0.271. The molecule has 0 saturated carbocycles. The van der Waals surface area contributed by atoms with Gasteiger partial charge in [0, 0.05) is 32.7 Å². The van der Waals surface area contributed by atoms with Crippen molar-refractivity contribution in [1.82, 2.24) is 4.98 Å². The molecule has 25 heavy (non-hydrogen) atoms. The van der Waals surface area contributed by atoms with E-state index in [1.165, 1.54) is 6.08 Å². The molecule has 1 aromatic heterocycles. The van der Waals surface area contributed by atoms with Crippen LogP contribution in [-0.4, -0.2) is 13.4 Å². The number of aromatic nitrogens is 1. The standard InChI is InChI=1S/C18H12Cl2N2O2S/c19-14-3-1-12(2-4-14)11-25(23,24)16(9-21)7-13-10-22-18-6-5-15(20)8-17(13)18/h1-8,10,22H,11H2. The van der Waals surface area contributed by atoms with Gasteiger partial charge in [-0.1, -0.05) is 35.3 Å². The molecule has 1 N–H and O–H groups in total. The average molecular weight is 391 g/mol. The minimum Gasteiger partial charge on any atom is -0.361 e. The molecule has 126 valence electrons. The fraction of sp³-hybridized carbons (Fsp3) is 0.0556. The van der Waals surface area contributed by atoms with Gasteiger partial charge in [-0.15, -0.1) is 0 Å². The molecule has 2 aromatic carbocycles. The Morgan fingerprint density at radius 2 is 1.80 bits per heavy atom. The molecule has 0 spiro atoms. The number of halogens is 2. The van der Waals surface area contributed by atoms with Gasteiger partial charge in [0.2, 0.25) is 0 Å². The zero-order valence-electron chi connectivity index (χ0n) is 12.8. The topological polar surface area (TPSA) is 73.7 Å². The van der Waals surface area contributed by atoms with Crippen LogP contribution >= 0.6 is 23.2 Å². The van der Waals surface area contributed by atoms with Crippen LogP contribution in [0.4, 0.5) is 0 Å². The molecule has 3 rings (SSSR count). The SMILES string of the molecule is N#CC(=Cc1c[nH]c2ccc(Cl)cc12)S(=O)(=O)Cc1ccc(Cl)cc1. The highest BCUT2D eigenvalue weighted by atomic mass is 35.5. The highest BCUT2D eigenvalue weighted by molar-refractivity contribution is 7.95. The Balaban J connectivity index is 2.00. The molecule has 0 aliphatic heterocycles. The summed E-state index contributed by atoms with van der Waals surface area (Å²) in [7, 11) is -3.78. The Hall–Kier alpha value is -2.26. The van der Waals surface area contributed by atoms with Gasteiger partial charge in [0.15, 0.2) is 9.84 Å². The van der Waals surface area contributed by atoms with Crippen LogP contribution in [0.15, 0.2) is 53.6 Å². The average Bonchev–Trinajstić information content (AvgIpc) is 2.96. The van der Waals surface area contributed by atoms with Crippen molar-refractivity contribution >= 4 is 50.0 Å². The number of aromatic amines is 1. The lowest BCUT2D eigenvalue weighted by Crippen LogP contribution is -2.06. The van der Waals surface area contributed by atoms with E-state index in [4.69, 9.17) is 23.2 Å². The maximum atomic E-state index is 12.6. The second-order valence-electron chi connectivity index (χ2n) is 5.44. The van der Waals surface area contributed by atoms with Crippen molar-refractivity contribution in [2.45, 2.75) is 5.75 Å². The summed E-state index contributed by atoms with van der Waals surface area (Å²) in [6.07, 6.45) is 3.01. The Morgan fingerprint density at radius 1 is 1.12 bits per heavy atom. The molecule has 7 heteroatoms. The molecule has 0 bridgehead atoms. The van der Waals surface area contributed by atoms with Gasteiger partial charge in [-0.2, -0.15) is 5.26 Å². The number of rotatable bonds is 4. The lowest BCUT2D eigenvalue weighted by molar-refractivity contribution is 0.602. The monoisotopic (exact) mass is 390 g/mol. The van der Waals surface area contributed by atoms with Crippen LogP contribution in [0, 0.1) is 11.3 Å². The lowest BCUT2D eigenvalue weighted by atomic mass is 10.1. The summed E-state index contributed by atoms with van der Waals surface area (Å²) in [5, 5.41) is 11.2. The zero-order valence-corrected chi connectivity index (χ0v) is 15.2. The molecule has 0 atom stereocenters. The number of hydrogen-bond donors (Lipinski definition) is 1. The second-order valence-corrected chi connectivity index (χ2v) is 8.27. The lowest BCUT2D eigenvalue weighted by Gasteiger charge is -2.03. The molecule has 4 nitrogen and oxygen atoms in total. The molecule has 3 aromatic rings. The van der Waals surface area contributed by atoms with Gasteiger partial charge in [-0.25, -0.2) is 8.42 Å². The first-order valence-corrected chi connectivity index (χ1v) is 9.65. The first-order valence-electron chi connectivity index (χ1n) is 7.25. The van der Waals surface area contributed by atoms with Gasteiger partial charge < -0.3 is 4.98 Å². The van der Waals surface area contributed by atoms with Crippen molar-refractivity contribution in [1.29, 1.82) is 5.26 Å². The van der Waals surface area contributed by atoms with Crippen molar-refractivity contribution in [3.63, 3.8) is 0 Å². The van der Waals surface area contributed by atoms with Gasteiger partial charge in [-0.3, -0.25) is 0 Å². The van der Waals surface area contributed by atoms with E-state index in [9.17, 15) is 13.7 Å². The summed E-state index contributed by atoms with van der Waals surface area (Å²) in [6, 6.07) is 13.5. The summed E-state index contributed by atoms with van der Waals surface area (Å²) < 4.78 is 25.2. The quantitative estimate of drug-likeness (QED) is 0.640. The fourth-order valence-electron chi connectivity index (χ4n) is 2.44. The molecule has 0 radical (unpaired) electrons. The van der Waals surface area contributed by atoms with E-state index >= 15 is 0 Å². The third kappa shape index (κ3) is 3.88. The molecular formula is C18H12Cl2N2O2S. The number of sulfone groups is 1. The third-order valence-electron chi connectivity index (χ3n) is 3.68. The van der Waals surface area contributed by atoms with Crippen molar-refractivity contribution in [2.24, 2.45) is 0 Å². The minimum atomic E-state index is -3.78. The van der Waals surface area contributed by atoms with Crippen LogP contribution in [0.5, 0.6) is 0 Å². The predicted octanol–water partition coefficient (Wildman–Crippen LogP) is 4.95. The number of nitriles is 1. The number of nitrogens with zero attached hydrogens (tertiary/aromatic N) is 1. The fourth-order valence-corrected chi connectivity index (χ4v) is 3.97. The Kier molecular flexibility index (Phi) is 4.87. The summed E-state index contributed by atoms with van der Waals surface area (Å²) >= 11 is 11.8. The molecule has 0 amide bonds. The summed E-state index contributed by atoms with van der Waals surface area (Å²) in [6.45, 7) is 0. The normalized spacial score (nSPS) is 12.3. The first kappa shape index (κ1) is 17.6. The van der Waals surface area contributed by atoms with Gasteiger partial charge in [0.25, 0.3) is 0 Å². The van der Waals surface area contributed by atoms with Gasteiger partial charge in [0.1, 0.15) is 11.0 Å². The number of H-pyrrole nitrogens is 1. The number of fused-ring (bicyclic) bond motifs is 1. The summed E-state index contributed by atoms with van der Waals surface area (Å²) in [5.74, 6) is -0.271. The molecular weight excluding hydrogens is 379 g/mol. The smallest absolute Gasteiger partial charge is 0.192 e. The van der Waals surface area contributed by atoms with E-state index in [1.807, 2.05) is 0 Å². The first-order chi connectivity index (χ1) is 11.9. The van der Waals surface area contributed by atoms with Gasteiger partial charge in [-0.05, 0) is 42.0 Å². The second kappa shape index (κ2) is 6.93. The van der Waals surface area contributed by atoms with E-state index in [0.717, 1.165) is 10.9 Å². The van der Waals surface area contributed by atoms with Gasteiger partial charge in [0.05, 0.1) is 5.75 Å². The molecule has 0 aliphatic carbocycles. The summed E-state index contributed by atoms with van der Waals surface area (Å²) in [5.41, 5.74) is 1.96. The van der Waals surface area contributed by atoms with Crippen molar-refractivity contribution in [2.75, 3.05) is 0 Å². The van der Waals surface area contributed by atoms with E-state index in [1.54, 1.807) is 54.7 Å². The Bertz CT molecular complexity index is 1110. The van der Waals surface area contributed by atoms with Crippen molar-refractivity contribution in [3.05, 3.63) is 74.7 Å². The highest BCUT2D eigenvalue weighted by Crippen LogP contribution is 2.26. The van der Waals surface area contributed by atoms with Crippen LogP contribution in [0.25, 0.3) is 17.0 Å². The highest BCUT2D eigenvalue weighted by Gasteiger charge is 2.19. The van der Waals surface area contributed by atoms with Crippen LogP contribution in [0.3, 0.4) is 0 Å². The van der Waals surface area contributed by atoms with E-state index < -0.39 is 9.84 Å².